The Hall–Kier alpha value is -2.60. The summed E-state index contributed by atoms with van der Waals surface area (Å²) in [5.41, 5.74) is 1.86. The Morgan fingerprint density at radius 3 is 2.46 bits per heavy atom. The molecule has 6 nitrogen and oxygen atoms in total. The van der Waals surface area contributed by atoms with E-state index in [4.69, 9.17) is 14.2 Å². The SMILES string of the molecule is COCCOc1ccc(C(C)NC(=O)C(c2cccnc2)C(C)C)cc1OC. The van der Waals surface area contributed by atoms with E-state index < -0.39 is 0 Å². The first-order valence-corrected chi connectivity index (χ1v) is 9.47. The molecule has 6 heteroatoms. The van der Waals surface area contributed by atoms with Gasteiger partial charge >= 0.3 is 0 Å². The Balaban J connectivity index is 2.12. The molecule has 1 aromatic carbocycles. The third-order valence-electron chi connectivity index (χ3n) is 4.58. The van der Waals surface area contributed by atoms with Crippen molar-refractivity contribution in [2.24, 2.45) is 5.92 Å². The summed E-state index contributed by atoms with van der Waals surface area (Å²) in [7, 11) is 3.23. The summed E-state index contributed by atoms with van der Waals surface area (Å²) in [6.45, 7) is 6.98. The second-order valence-electron chi connectivity index (χ2n) is 6.99. The van der Waals surface area contributed by atoms with E-state index in [9.17, 15) is 4.79 Å². The molecular formula is C22H30N2O4. The normalized spacial score (nSPS) is 13.1. The summed E-state index contributed by atoms with van der Waals surface area (Å²) in [6.07, 6.45) is 3.47. The molecule has 0 aliphatic heterocycles. The lowest BCUT2D eigenvalue weighted by molar-refractivity contribution is -0.124. The Kier molecular flexibility index (Phi) is 8.26. The molecule has 1 N–H and O–H groups in total. The lowest BCUT2D eigenvalue weighted by Gasteiger charge is -2.24. The molecule has 1 aromatic heterocycles. The maximum atomic E-state index is 13.0. The van der Waals surface area contributed by atoms with Crippen molar-refractivity contribution in [2.45, 2.75) is 32.7 Å². The number of carbonyl (C=O) groups is 1. The van der Waals surface area contributed by atoms with Crippen LogP contribution in [0.15, 0.2) is 42.7 Å². The first kappa shape index (κ1) is 21.7. The lowest BCUT2D eigenvalue weighted by Crippen LogP contribution is -2.34. The van der Waals surface area contributed by atoms with Gasteiger partial charge in [0.25, 0.3) is 0 Å². The highest BCUT2D eigenvalue weighted by molar-refractivity contribution is 5.84. The topological polar surface area (TPSA) is 69.7 Å². The molecule has 0 fully saturated rings. The summed E-state index contributed by atoms with van der Waals surface area (Å²) < 4.78 is 16.1. The van der Waals surface area contributed by atoms with Crippen molar-refractivity contribution in [3.05, 3.63) is 53.9 Å². The molecule has 0 saturated carbocycles. The predicted octanol–water partition coefficient (Wildman–Crippen LogP) is 3.73. The number of hydrogen-bond donors (Lipinski definition) is 1. The molecule has 152 valence electrons. The van der Waals surface area contributed by atoms with Crippen molar-refractivity contribution in [2.75, 3.05) is 27.4 Å². The molecule has 2 rings (SSSR count). The van der Waals surface area contributed by atoms with E-state index >= 15 is 0 Å². The Morgan fingerprint density at radius 2 is 1.86 bits per heavy atom. The van der Waals surface area contributed by atoms with Crippen molar-refractivity contribution < 1.29 is 19.0 Å². The van der Waals surface area contributed by atoms with Gasteiger partial charge in [0.2, 0.25) is 5.91 Å². The molecule has 0 aliphatic carbocycles. The highest BCUT2D eigenvalue weighted by Gasteiger charge is 2.26. The number of nitrogens with one attached hydrogen (secondary N) is 1. The van der Waals surface area contributed by atoms with Gasteiger partial charge in [-0.2, -0.15) is 0 Å². The molecule has 0 radical (unpaired) electrons. The van der Waals surface area contributed by atoms with Gasteiger partial charge in [-0.15, -0.1) is 0 Å². The number of benzene rings is 1. The summed E-state index contributed by atoms with van der Waals surface area (Å²) in [5.74, 6) is 1.16. The number of ether oxygens (including phenoxy) is 3. The first-order valence-electron chi connectivity index (χ1n) is 9.47. The zero-order valence-corrected chi connectivity index (χ0v) is 17.3. The van der Waals surface area contributed by atoms with Gasteiger partial charge in [0.1, 0.15) is 6.61 Å². The molecule has 0 aliphatic rings. The maximum absolute atomic E-state index is 13.0. The number of pyridine rings is 1. The second kappa shape index (κ2) is 10.7. The molecule has 1 amide bonds. The maximum Gasteiger partial charge on any atom is 0.228 e. The van der Waals surface area contributed by atoms with Crippen LogP contribution in [0.4, 0.5) is 0 Å². The number of hydrogen-bond acceptors (Lipinski definition) is 5. The molecule has 2 aromatic rings. The van der Waals surface area contributed by atoms with Crippen LogP contribution in [-0.4, -0.2) is 38.3 Å². The zero-order chi connectivity index (χ0) is 20.5. The number of amides is 1. The molecular weight excluding hydrogens is 356 g/mol. The Labute approximate surface area is 167 Å². The van der Waals surface area contributed by atoms with Gasteiger partial charge in [0.05, 0.1) is 25.7 Å². The number of carbonyl (C=O) groups excluding carboxylic acids is 1. The van der Waals surface area contributed by atoms with Gasteiger partial charge in [-0.25, -0.2) is 0 Å². The van der Waals surface area contributed by atoms with E-state index in [-0.39, 0.29) is 23.8 Å². The van der Waals surface area contributed by atoms with Crippen LogP contribution in [0.5, 0.6) is 11.5 Å². The van der Waals surface area contributed by atoms with Gasteiger partial charge in [-0.1, -0.05) is 26.0 Å². The van der Waals surface area contributed by atoms with Crippen LogP contribution in [0.3, 0.4) is 0 Å². The molecule has 2 unspecified atom stereocenters. The highest BCUT2D eigenvalue weighted by Crippen LogP contribution is 2.31. The molecule has 0 saturated heterocycles. The standard InChI is InChI=1S/C22H30N2O4/c1-15(2)21(18-7-6-10-23-14-18)22(25)24-16(3)17-8-9-19(20(13-17)27-5)28-12-11-26-4/h6-10,13-16,21H,11-12H2,1-5H3,(H,24,25). The van der Waals surface area contributed by atoms with Crippen LogP contribution >= 0.6 is 0 Å². The van der Waals surface area contributed by atoms with E-state index in [2.05, 4.69) is 10.3 Å². The fourth-order valence-corrected chi connectivity index (χ4v) is 3.09. The van der Waals surface area contributed by atoms with Crippen LogP contribution in [0, 0.1) is 5.92 Å². The molecule has 28 heavy (non-hydrogen) atoms. The average Bonchev–Trinajstić information content (AvgIpc) is 2.68. The van der Waals surface area contributed by atoms with E-state index in [1.54, 1.807) is 26.6 Å². The number of nitrogens with zero attached hydrogens (tertiary/aromatic N) is 1. The number of rotatable bonds is 10. The van der Waals surface area contributed by atoms with Crippen molar-refractivity contribution in [3.8, 4) is 11.5 Å². The fourth-order valence-electron chi connectivity index (χ4n) is 3.09. The molecule has 0 bridgehead atoms. The lowest BCUT2D eigenvalue weighted by atomic mass is 9.88. The van der Waals surface area contributed by atoms with E-state index in [1.165, 1.54) is 0 Å². The Bertz CT molecular complexity index is 749. The molecule has 1 heterocycles. The first-order chi connectivity index (χ1) is 13.5. The van der Waals surface area contributed by atoms with E-state index in [0.29, 0.717) is 24.7 Å². The van der Waals surface area contributed by atoms with Crippen LogP contribution in [0.1, 0.15) is 43.9 Å². The van der Waals surface area contributed by atoms with Crippen molar-refractivity contribution in [1.82, 2.24) is 10.3 Å². The molecule has 2 atom stereocenters. The van der Waals surface area contributed by atoms with Gasteiger partial charge in [0.15, 0.2) is 11.5 Å². The minimum atomic E-state index is -0.255. The third kappa shape index (κ3) is 5.70. The minimum absolute atomic E-state index is 0.0186. The van der Waals surface area contributed by atoms with Crippen molar-refractivity contribution in [3.63, 3.8) is 0 Å². The summed E-state index contributed by atoms with van der Waals surface area (Å²) >= 11 is 0. The monoisotopic (exact) mass is 386 g/mol. The van der Waals surface area contributed by atoms with Gasteiger partial charge < -0.3 is 19.5 Å². The molecule has 0 spiro atoms. The van der Waals surface area contributed by atoms with Gasteiger partial charge in [-0.05, 0) is 42.2 Å². The fraction of sp³-hybridized carbons (Fsp3) is 0.455. The Morgan fingerprint density at radius 1 is 1.07 bits per heavy atom. The minimum Gasteiger partial charge on any atom is -0.493 e. The smallest absolute Gasteiger partial charge is 0.228 e. The number of aromatic nitrogens is 1. The predicted molar refractivity (Wildman–Crippen MR) is 109 cm³/mol. The second-order valence-corrected chi connectivity index (χ2v) is 6.99. The van der Waals surface area contributed by atoms with Crippen molar-refractivity contribution >= 4 is 5.91 Å². The van der Waals surface area contributed by atoms with Gasteiger partial charge in [-0.3, -0.25) is 9.78 Å². The quantitative estimate of drug-likeness (QED) is 0.630. The van der Waals surface area contributed by atoms with Crippen LogP contribution in [0.25, 0.3) is 0 Å². The van der Waals surface area contributed by atoms with E-state index in [1.807, 2.05) is 51.1 Å². The van der Waals surface area contributed by atoms with Gasteiger partial charge in [0, 0.05) is 19.5 Å². The van der Waals surface area contributed by atoms with Crippen LogP contribution in [-0.2, 0) is 9.53 Å². The summed E-state index contributed by atoms with van der Waals surface area (Å²) in [5, 5.41) is 3.12. The summed E-state index contributed by atoms with van der Waals surface area (Å²) in [4.78, 5) is 17.1. The average molecular weight is 386 g/mol. The third-order valence-corrected chi connectivity index (χ3v) is 4.58. The summed E-state index contributed by atoms with van der Waals surface area (Å²) in [6, 6.07) is 9.30. The number of methoxy groups -OCH3 is 2. The zero-order valence-electron chi connectivity index (χ0n) is 17.3. The van der Waals surface area contributed by atoms with Crippen molar-refractivity contribution in [1.29, 1.82) is 0 Å². The van der Waals surface area contributed by atoms with E-state index in [0.717, 1.165) is 11.1 Å². The largest absolute Gasteiger partial charge is 0.493 e. The highest BCUT2D eigenvalue weighted by atomic mass is 16.5. The van der Waals surface area contributed by atoms with Crippen LogP contribution < -0.4 is 14.8 Å². The van der Waals surface area contributed by atoms with Crippen LogP contribution in [0.2, 0.25) is 0 Å².